The Labute approximate surface area is 116 Å². The van der Waals surface area contributed by atoms with Crippen LogP contribution in [0.3, 0.4) is 0 Å². The van der Waals surface area contributed by atoms with Gasteiger partial charge < -0.3 is 4.74 Å². The van der Waals surface area contributed by atoms with E-state index in [1.54, 1.807) is 24.5 Å². The lowest BCUT2D eigenvalue weighted by atomic mass is 10.3. The van der Waals surface area contributed by atoms with Crippen molar-refractivity contribution >= 4 is 21.2 Å². The van der Waals surface area contributed by atoms with Crippen molar-refractivity contribution < 1.29 is 13.2 Å². The van der Waals surface area contributed by atoms with Crippen LogP contribution in [0.25, 0.3) is 0 Å². The minimum absolute atomic E-state index is 0.00258. The molecule has 0 fully saturated rings. The highest BCUT2D eigenvalue weighted by Gasteiger charge is 2.16. The van der Waals surface area contributed by atoms with Crippen LogP contribution in [0.2, 0.25) is 0 Å². The van der Waals surface area contributed by atoms with E-state index in [2.05, 4.69) is 9.97 Å². The lowest BCUT2D eigenvalue weighted by Crippen LogP contribution is -2.08. The zero-order chi connectivity index (χ0) is 13.9. The molecule has 5 nitrogen and oxygen atoms in total. The second-order valence-electron chi connectivity index (χ2n) is 4.06. The molecule has 7 heteroatoms. The van der Waals surface area contributed by atoms with Gasteiger partial charge in [0.2, 0.25) is 0 Å². The minimum Gasteiger partial charge on any atom is -0.497 e. The number of aromatic nitrogens is 2. The summed E-state index contributed by atoms with van der Waals surface area (Å²) < 4.78 is 29.2. The first-order chi connectivity index (χ1) is 8.98. The Morgan fingerprint density at radius 1 is 1.32 bits per heavy atom. The molecular weight excluding hydrogens is 284 g/mol. The molecule has 19 heavy (non-hydrogen) atoms. The van der Waals surface area contributed by atoms with E-state index in [1.807, 2.05) is 6.92 Å². The fourth-order valence-corrected chi connectivity index (χ4v) is 4.21. The number of hydrogen-bond acceptors (Lipinski definition) is 6. The van der Waals surface area contributed by atoms with Crippen molar-refractivity contribution in [3.05, 3.63) is 40.1 Å². The molecule has 0 N–H and O–H groups in total. The van der Waals surface area contributed by atoms with Gasteiger partial charge in [-0.25, -0.2) is 13.4 Å². The maximum atomic E-state index is 12.1. The van der Waals surface area contributed by atoms with Gasteiger partial charge in [0.15, 0.2) is 9.84 Å². The van der Waals surface area contributed by atoms with E-state index >= 15 is 0 Å². The average Bonchev–Trinajstić information content (AvgIpc) is 2.73. The van der Waals surface area contributed by atoms with Crippen LogP contribution in [0.15, 0.2) is 24.5 Å². The highest BCUT2D eigenvalue weighted by molar-refractivity contribution is 7.89. The van der Waals surface area contributed by atoms with Crippen LogP contribution in [0.5, 0.6) is 5.75 Å². The molecule has 0 aliphatic heterocycles. The summed E-state index contributed by atoms with van der Waals surface area (Å²) in [6.45, 7) is 1.85. The van der Waals surface area contributed by atoms with Crippen LogP contribution < -0.4 is 4.74 Å². The number of pyridine rings is 1. The molecule has 0 saturated carbocycles. The summed E-state index contributed by atoms with van der Waals surface area (Å²) in [5, 5.41) is 0.865. The zero-order valence-electron chi connectivity index (χ0n) is 10.7. The van der Waals surface area contributed by atoms with E-state index in [9.17, 15) is 8.42 Å². The number of ether oxygens (including phenoxy) is 1. The number of hydrogen-bond donors (Lipinski definition) is 0. The Kier molecular flexibility index (Phi) is 4.16. The minimum atomic E-state index is -3.25. The number of methoxy groups -OCH3 is 1. The van der Waals surface area contributed by atoms with Gasteiger partial charge in [0.1, 0.15) is 5.75 Å². The lowest BCUT2D eigenvalue weighted by Gasteiger charge is -2.04. The first-order valence-corrected chi connectivity index (χ1v) is 8.23. The van der Waals surface area contributed by atoms with Crippen molar-refractivity contribution in [3.8, 4) is 5.75 Å². The number of sulfone groups is 1. The number of aryl methyl sites for hydroxylation is 1. The Bertz CT molecular complexity index is 665. The summed E-state index contributed by atoms with van der Waals surface area (Å²) in [7, 11) is -1.71. The molecule has 0 saturated heterocycles. The molecule has 2 aromatic heterocycles. The maximum Gasteiger partial charge on any atom is 0.161 e. The molecule has 0 atom stereocenters. The van der Waals surface area contributed by atoms with Crippen molar-refractivity contribution in [2.75, 3.05) is 7.11 Å². The molecular formula is C12H14N2O3S2. The summed E-state index contributed by atoms with van der Waals surface area (Å²) in [5.41, 5.74) is 0.487. The van der Waals surface area contributed by atoms with Crippen LogP contribution >= 0.6 is 11.3 Å². The third-order valence-corrected chi connectivity index (χ3v) is 5.00. The van der Waals surface area contributed by atoms with Crippen LogP contribution in [0.4, 0.5) is 0 Å². The monoisotopic (exact) mass is 298 g/mol. The van der Waals surface area contributed by atoms with Crippen LogP contribution in [-0.4, -0.2) is 25.5 Å². The summed E-state index contributed by atoms with van der Waals surface area (Å²) in [5.74, 6) is 0.507. The predicted octanol–water partition coefficient (Wildman–Crippen LogP) is 1.97. The van der Waals surface area contributed by atoms with Gasteiger partial charge in [0.25, 0.3) is 0 Å². The Morgan fingerprint density at radius 3 is 2.74 bits per heavy atom. The Balaban J connectivity index is 2.12. The Morgan fingerprint density at radius 2 is 2.11 bits per heavy atom. The van der Waals surface area contributed by atoms with Crippen LogP contribution in [0, 0.1) is 6.92 Å². The molecule has 2 heterocycles. The van der Waals surface area contributed by atoms with Gasteiger partial charge in [0, 0.05) is 23.3 Å². The third kappa shape index (κ3) is 4.00. The topological polar surface area (TPSA) is 69.2 Å². The van der Waals surface area contributed by atoms with E-state index in [1.165, 1.54) is 18.4 Å². The molecule has 2 aromatic rings. The third-order valence-electron chi connectivity index (χ3n) is 2.42. The number of nitrogens with zero attached hydrogens (tertiary/aromatic N) is 2. The number of thiazole rings is 1. The van der Waals surface area contributed by atoms with Gasteiger partial charge in [-0.15, -0.1) is 11.3 Å². The van der Waals surface area contributed by atoms with Gasteiger partial charge in [-0.1, -0.05) is 0 Å². The zero-order valence-corrected chi connectivity index (χ0v) is 12.3. The SMILES string of the molecule is COc1ccnc(CS(=O)(=O)Cc2cnc(C)s2)c1. The summed E-state index contributed by atoms with van der Waals surface area (Å²) in [6, 6.07) is 3.32. The van der Waals surface area contributed by atoms with Crippen LogP contribution in [0.1, 0.15) is 15.6 Å². The smallest absolute Gasteiger partial charge is 0.161 e. The maximum absolute atomic E-state index is 12.1. The highest BCUT2D eigenvalue weighted by atomic mass is 32.2. The van der Waals surface area contributed by atoms with Gasteiger partial charge in [-0.2, -0.15) is 0 Å². The molecule has 2 rings (SSSR count). The molecule has 0 aliphatic rings. The van der Waals surface area contributed by atoms with E-state index in [0.717, 1.165) is 9.88 Å². The Hall–Kier alpha value is -1.47. The molecule has 0 unspecified atom stereocenters. The van der Waals surface area contributed by atoms with Crippen molar-refractivity contribution in [1.29, 1.82) is 0 Å². The van der Waals surface area contributed by atoms with Gasteiger partial charge >= 0.3 is 0 Å². The van der Waals surface area contributed by atoms with Crippen molar-refractivity contribution in [1.82, 2.24) is 9.97 Å². The lowest BCUT2D eigenvalue weighted by molar-refractivity contribution is 0.413. The molecule has 102 valence electrons. The molecule has 0 spiro atoms. The van der Waals surface area contributed by atoms with Crippen LogP contribution in [-0.2, 0) is 21.3 Å². The van der Waals surface area contributed by atoms with E-state index < -0.39 is 9.84 Å². The molecule has 0 bridgehead atoms. The predicted molar refractivity (Wildman–Crippen MR) is 74.0 cm³/mol. The second-order valence-corrected chi connectivity index (χ2v) is 7.45. The summed E-state index contributed by atoms with van der Waals surface area (Å²) in [6.07, 6.45) is 3.15. The summed E-state index contributed by atoms with van der Waals surface area (Å²) >= 11 is 1.40. The van der Waals surface area contributed by atoms with E-state index in [0.29, 0.717) is 11.4 Å². The molecule has 0 amide bonds. The second kappa shape index (κ2) is 5.66. The molecule has 0 aromatic carbocycles. The fourth-order valence-electron chi connectivity index (χ4n) is 1.63. The van der Waals surface area contributed by atoms with Crippen molar-refractivity contribution in [2.24, 2.45) is 0 Å². The highest BCUT2D eigenvalue weighted by Crippen LogP contribution is 2.18. The fraction of sp³-hybridized carbons (Fsp3) is 0.333. The first kappa shape index (κ1) is 14.0. The van der Waals surface area contributed by atoms with Crippen molar-refractivity contribution in [3.63, 3.8) is 0 Å². The van der Waals surface area contributed by atoms with E-state index in [4.69, 9.17) is 4.74 Å². The first-order valence-electron chi connectivity index (χ1n) is 5.59. The molecule has 0 aliphatic carbocycles. The summed E-state index contributed by atoms with van der Waals surface area (Å²) in [4.78, 5) is 8.85. The van der Waals surface area contributed by atoms with Crippen molar-refractivity contribution in [2.45, 2.75) is 18.4 Å². The standard InChI is InChI=1S/C12H14N2O3S2/c1-9-14-6-12(18-9)8-19(15,16)7-10-5-11(17-2)3-4-13-10/h3-6H,7-8H2,1-2H3. The normalized spacial score (nSPS) is 11.5. The van der Waals surface area contributed by atoms with Gasteiger partial charge in [-0.3, -0.25) is 4.98 Å². The van der Waals surface area contributed by atoms with E-state index in [-0.39, 0.29) is 11.5 Å². The van der Waals surface area contributed by atoms with Gasteiger partial charge in [0.05, 0.1) is 29.3 Å². The quantitative estimate of drug-likeness (QED) is 0.844. The average molecular weight is 298 g/mol. The van der Waals surface area contributed by atoms with Gasteiger partial charge in [-0.05, 0) is 13.0 Å². The molecule has 0 radical (unpaired) electrons. The largest absolute Gasteiger partial charge is 0.497 e. The number of rotatable bonds is 5.